The minimum absolute atomic E-state index is 0.0657. The predicted octanol–water partition coefficient (Wildman–Crippen LogP) is 5.90. The fraction of sp³-hybridized carbons (Fsp3) is 0.379. The number of hydrogen-bond donors (Lipinski definition) is 0. The van der Waals surface area contributed by atoms with Crippen LogP contribution in [0.2, 0.25) is 0 Å². The maximum atomic E-state index is 9.51. The second kappa shape index (κ2) is 9.69. The Bertz CT molecular complexity index is 1390. The molecule has 2 saturated heterocycles. The van der Waals surface area contributed by atoms with E-state index in [1.165, 1.54) is 25.9 Å². The van der Waals surface area contributed by atoms with Crippen molar-refractivity contribution in [3.05, 3.63) is 60.2 Å². The number of ether oxygens (including phenoxy) is 2. The van der Waals surface area contributed by atoms with Gasteiger partial charge in [-0.1, -0.05) is 18.2 Å². The summed E-state index contributed by atoms with van der Waals surface area (Å²) in [5, 5.41) is 17.8. The maximum absolute atomic E-state index is 9.51. The Morgan fingerprint density at radius 2 is 1.86 bits per heavy atom. The Balaban J connectivity index is 1.34. The molecule has 6 rings (SSSR count). The van der Waals surface area contributed by atoms with Gasteiger partial charge in [0.15, 0.2) is 6.23 Å². The van der Waals surface area contributed by atoms with Crippen LogP contribution in [0.4, 0.5) is 0 Å². The molecule has 6 heteroatoms. The monoisotopic (exact) mass is 466 g/mol. The minimum Gasteiger partial charge on any atom is -0.492 e. The van der Waals surface area contributed by atoms with Crippen LogP contribution in [0.5, 0.6) is 5.75 Å². The maximum Gasteiger partial charge on any atom is 0.150 e. The predicted molar refractivity (Wildman–Crippen MR) is 137 cm³/mol. The summed E-state index contributed by atoms with van der Waals surface area (Å²) in [7, 11) is 0. The third-order valence-corrected chi connectivity index (χ3v) is 7.22. The molecule has 2 fully saturated rings. The van der Waals surface area contributed by atoms with E-state index >= 15 is 0 Å². The molecule has 0 amide bonds. The molecule has 3 aromatic carbocycles. The Morgan fingerprint density at radius 3 is 2.69 bits per heavy atom. The van der Waals surface area contributed by atoms with Crippen LogP contribution < -0.4 is 4.74 Å². The normalized spacial score (nSPS) is 18.8. The Morgan fingerprint density at radius 1 is 0.971 bits per heavy atom. The van der Waals surface area contributed by atoms with E-state index in [1.807, 2.05) is 22.9 Å². The molecule has 6 nitrogen and oxygen atoms in total. The number of nitriles is 1. The number of likely N-dealkylation sites (tertiary alicyclic amines) is 1. The number of hydrogen-bond acceptors (Lipinski definition) is 5. The summed E-state index contributed by atoms with van der Waals surface area (Å²) in [6, 6.07) is 20.8. The van der Waals surface area contributed by atoms with Crippen molar-refractivity contribution in [1.82, 2.24) is 14.7 Å². The summed E-state index contributed by atoms with van der Waals surface area (Å²) >= 11 is 0. The molecule has 4 aromatic rings. The SMILES string of the molecule is N#Cc1ccc2c(c1)c(-c1ccc3ccc(OCCN4CCCC4)cc3c1)nn2C1CCCCO1. The van der Waals surface area contributed by atoms with Gasteiger partial charge in [-0.25, -0.2) is 4.68 Å². The molecular formula is C29H30N4O2. The molecule has 0 N–H and O–H groups in total. The van der Waals surface area contributed by atoms with Crippen LogP contribution in [-0.2, 0) is 4.74 Å². The van der Waals surface area contributed by atoms with E-state index in [2.05, 4.69) is 47.4 Å². The van der Waals surface area contributed by atoms with Gasteiger partial charge in [-0.3, -0.25) is 4.90 Å². The summed E-state index contributed by atoms with van der Waals surface area (Å²) in [5.41, 5.74) is 3.55. The molecule has 0 spiro atoms. The zero-order valence-corrected chi connectivity index (χ0v) is 19.9. The second-order valence-corrected chi connectivity index (χ2v) is 9.58. The van der Waals surface area contributed by atoms with Crippen molar-refractivity contribution in [1.29, 1.82) is 5.26 Å². The highest BCUT2D eigenvalue weighted by atomic mass is 16.5. The first-order valence-electron chi connectivity index (χ1n) is 12.7. The fourth-order valence-corrected chi connectivity index (χ4v) is 5.32. The van der Waals surface area contributed by atoms with Crippen LogP contribution in [0.3, 0.4) is 0 Å². The quantitative estimate of drug-likeness (QED) is 0.354. The largest absolute Gasteiger partial charge is 0.492 e. The van der Waals surface area contributed by atoms with Crippen molar-refractivity contribution in [3.63, 3.8) is 0 Å². The number of aromatic nitrogens is 2. The van der Waals surface area contributed by atoms with Crippen molar-refractivity contribution in [2.24, 2.45) is 0 Å². The van der Waals surface area contributed by atoms with Crippen molar-refractivity contribution in [2.75, 3.05) is 32.8 Å². The van der Waals surface area contributed by atoms with Crippen molar-refractivity contribution >= 4 is 21.7 Å². The van der Waals surface area contributed by atoms with Crippen LogP contribution in [-0.4, -0.2) is 47.5 Å². The number of benzene rings is 3. The zero-order valence-electron chi connectivity index (χ0n) is 19.9. The molecule has 0 radical (unpaired) electrons. The minimum atomic E-state index is -0.0657. The lowest BCUT2D eigenvalue weighted by molar-refractivity contribution is -0.0365. The Hall–Kier alpha value is -3.40. The first kappa shape index (κ1) is 22.1. The molecule has 2 aliphatic heterocycles. The summed E-state index contributed by atoms with van der Waals surface area (Å²) in [4.78, 5) is 2.46. The zero-order chi connectivity index (χ0) is 23.6. The first-order valence-corrected chi connectivity index (χ1v) is 12.7. The third kappa shape index (κ3) is 4.50. The van der Waals surface area contributed by atoms with Crippen molar-refractivity contribution in [3.8, 4) is 23.1 Å². The van der Waals surface area contributed by atoms with Gasteiger partial charge < -0.3 is 9.47 Å². The van der Waals surface area contributed by atoms with Crippen molar-refractivity contribution in [2.45, 2.75) is 38.3 Å². The van der Waals surface area contributed by atoms with Crippen LogP contribution in [0.15, 0.2) is 54.6 Å². The standard InChI is InChI=1S/C29H30N4O2/c30-20-21-6-11-27-26(17-21)29(31-33(27)28-5-1-4-15-35-28)23-8-7-22-9-10-25(19-24(22)18-23)34-16-14-32-12-2-3-13-32/h6-11,17-19,28H,1-5,12-16H2. The van der Waals surface area contributed by atoms with Gasteiger partial charge in [-0.15, -0.1) is 0 Å². The van der Waals surface area contributed by atoms with E-state index in [-0.39, 0.29) is 6.23 Å². The lowest BCUT2D eigenvalue weighted by Crippen LogP contribution is -2.25. The summed E-state index contributed by atoms with van der Waals surface area (Å²) in [6.45, 7) is 4.81. The van der Waals surface area contributed by atoms with Gasteiger partial charge in [-0.05, 0) is 92.4 Å². The third-order valence-electron chi connectivity index (χ3n) is 7.22. The van der Waals surface area contributed by atoms with Gasteiger partial charge in [0, 0.05) is 24.1 Å². The van der Waals surface area contributed by atoms with Gasteiger partial charge in [0.1, 0.15) is 18.1 Å². The average Bonchev–Trinajstić information content (AvgIpc) is 3.56. The number of nitrogens with zero attached hydrogens (tertiary/aromatic N) is 4. The van der Waals surface area contributed by atoms with Crippen LogP contribution in [0.1, 0.15) is 43.9 Å². The fourth-order valence-electron chi connectivity index (χ4n) is 5.32. The summed E-state index contributed by atoms with van der Waals surface area (Å²) in [6.07, 6.45) is 5.70. The van der Waals surface area contributed by atoms with E-state index in [0.717, 1.165) is 71.1 Å². The van der Waals surface area contributed by atoms with E-state index in [4.69, 9.17) is 14.6 Å². The molecule has 178 valence electrons. The second-order valence-electron chi connectivity index (χ2n) is 9.58. The van der Waals surface area contributed by atoms with E-state index < -0.39 is 0 Å². The highest BCUT2D eigenvalue weighted by Crippen LogP contribution is 2.35. The number of rotatable bonds is 6. The van der Waals surface area contributed by atoms with Gasteiger partial charge in [-0.2, -0.15) is 10.4 Å². The van der Waals surface area contributed by atoms with Gasteiger partial charge in [0.2, 0.25) is 0 Å². The summed E-state index contributed by atoms with van der Waals surface area (Å²) < 4.78 is 14.2. The lowest BCUT2D eigenvalue weighted by Gasteiger charge is -2.23. The molecule has 1 aromatic heterocycles. The highest BCUT2D eigenvalue weighted by molar-refractivity contribution is 5.97. The molecule has 0 aliphatic carbocycles. The van der Waals surface area contributed by atoms with Gasteiger partial charge in [0.25, 0.3) is 0 Å². The van der Waals surface area contributed by atoms with Crippen molar-refractivity contribution < 1.29 is 9.47 Å². The molecule has 1 atom stereocenters. The number of fused-ring (bicyclic) bond motifs is 2. The topological polar surface area (TPSA) is 63.3 Å². The smallest absolute Gasteiger partial charge is 0.150 e. The Kier molecular flexibility index (Phi) is 6.12. The molecular weight excluding hydrogens is 436 g/mol. The van der Waals surface area contributed by atoms with Crippen LogP contribution in [0.25, 0.3) is 32.9 Å². The first-order chi connectivity index (χ1) is 17.3. The Labute approximate surface area is 205 Å². The van der Waals surface area contributed by atoms with Gasteiger partial charge >= 0.3 is 0 Å². The van der Waals surface area contributed by atoms with Gasteiger partial charge in [0.05, 0.1) is 17.1 Å². The van der Waals surface area contributed by atoms with E-state index in [9.17, 15) is 5.26 Å². The summed E-state index contributed by atoms with van der Waals surface area (Å²) in [5.74, 6) is 0.895. The van der Waals surface area contributed by atoms with Crippen LogP contribution in [0, 0.1) is 11.3 Å². The average molecular weight is 467 g/mol. The molecule has 3 heterocycles. The molecule has 1 unspecified atom stereocenters. The lowest BCUT2D eigenvalue weighted by atomic mass is 10.0. The highest BCUT2D eigenvalue weighted by Gasteiger charge is 2.22. The molecule has 0 bridgehead atoms. The molecule has 2 aliphatic rings. The molecule has 35 heavy (non-hydrogen) atoms. The van der Waals surface area contributed by atoms with E-state index in [0.29, 0.717) is 12.2 Å². The van der Waals surface area contributed by atoms with E-state index in [1.54, 1.807) is 0 Å². The molecule has 0 saturated carbocycles. The van der Waals surface area contributed by atoms with Crippen LogP contribution >= 0.6 is 0 Å².